The first-order chi connectivity index (χ1) is 13.9. The molecule has 0 N–H and O–H groups in total. The summed E-state index contributed by atoms with van der Waals surface area (Å²) in [4.78, 5) is 4.18. The zero-order valence-corrected chi connectivity index (χ0v) is 15.6. The van der Waals surface area contributed by atoms with Gasteiger partial charge in [0, 0.05) is 11.6 Å². The molecule has 134 valence electrons. The van der Waals surface area contributed by atoms with Crippen LogP contribution in [0.5, 0.6) is 0 Å². The lowest BCUT2D eigenvalue weighted by molar-refractivity contribution is 1.41. The smallest absolute Gasteiger partial charge is 0.0701 e. The molecular weight excluding hydrogens is 338 g/mol. The van der Waals surface area contributed by atoms with Crippen molar-refractivity contribution in [2.75, 3.05) is 0 Å². The van der Waals surface area contributed by atoms with Crippen LogP contribution < -0.4 is 0 Å². The van der Waals surface area contributed by atoms with Crippen LogP contribution >= 0.6 is 0 Å². The Labute approximate surface area is 166 Å². The number of hydrogen-bond acceptors (Lipinski definition) is 1. The van der Waals surface area contributed by atoms with Gasteiger partial charge in [0.25, 0.3) is 0 Å². The second kappa shape index (κ2) is 8.79. The quantitative estimate of drug-likeness (QED) is 0.323. The predicted molar refractivity (Wildman–Crippen MR) is 119 cm³/mol. The molecule has 0 fully saturated rings. The van der Waals surface area contributed by atoms with Crippen molar-refractivity contribution >= 4 is 10.9 Å². The standard InChI is InChI=1S/C18H14.C9H7N/c1-3-7-15(8-4-1)17-11-13-18(14-12-17)16-9-5-2-6-10-16;1-2-6-9-8(4-1)5-3-7-10-9/h1-14H;1-7H. The summed E-state index contributed by atoms with van der Waals surface area (Å²) in [6.45, 7) is 0. The second-order valence-corrected chi connectivity index (χ2v) is 6.51. The van der Waals surface area contributed by atoms with Crippen LogP contribution in [-0.4, -0.2) is 4.98 Å². The SMILES string of the molecule is c1ccc(-c2ccc(-c3ccccc3)cc2)cc1.c1ccc2ncccc2c1. The molecule has 0 aliphatic carbocycles. The van der Waals surface area contributed by atoms with E-state index in [4.69, 9.17) is 0 Å². The van der Waals surface area contributed by atoms with Crippen molar-refractivity contribution in [2.24, 2.45) is 0 Å². The molecule has 0 unspecified atom stereocenters. The Morgan fingerprint density at radius 3 is 1.32 bits per heavy atom. The van der Waals surface area contributed by atoms with Crippen molar-refractivity contribution in [1.29, 1.82) is 0 Å². The minimum Gasteiger partial charge on any atom is -0.256 e. The van der Waals surface area contributed by atoms with Crippen LogP contribution in [0.2, 0.25) is 0 Å². The number of aromatic nitrogens is 1. The average molecular weight is 359 g/mol. The van der Waals surface area contributed by atoms with E-state index >= 15 is 0 Å². The molecule has 1 nitrogen and oxygen atoms in total. The van der Waals surface area contributed by atoms with Gasteiger partial charge < -0.3 is 0 Å². The highest BCUT2D eigenvalue weighted by molar-refractivity contribution is 5.77. The number of nitrogens with zero attached hydrogens (tertiary/aromatic N) is 1. The van der Waals surface area contributed by atoms with Gasteiger partial charge in [-0.2, -0.15) is 0 Å². The highest BCUT2D eigenvalue weighted by Gasteiger charge is 1.98. The van der Waals surface area contributed by atoms with Crippen molar-refractivity contribution in [3.63, 3.8) is 0 Å². The van der Waals surface area contributed by atoms with Crippen LogP contribution in [0, 0.1) is 0 Å². The summed E-state index contributed by atoms with van der Waals surface area (Å²) in [6.07, 6.45) is 1.81. The lowest BCUT2D eigenvalue weighted by Gasteiger charge is -2.04. The van der Waals surface area contributed by atoms with E-state index < -0.39 is 0 Å². The Bertz CT molecular complexity index is 1010. The normalized spacial score (nSPS) is 10.1. The van der Waals surface area contributed by atoms with Crippen LogP contribution in [-0.2, 0) is 0 Å². The molecule has 1 heteroatoms. The molecule has 0 spiro atoms. The van der Waals surface area contributed by atoms with E-state index in [1.165, 1.54) is 27.6 Å². The van der Waals surface area contributed by atoms with E-state index in [9.17, 15) is 0 Å². The van der Waals surface area contributed by atoms with Gasteiger partial charge in [0.1, 0.15) is 0 Å². The zero-order chi connectivity index (χ0) is 19.0. The van der Waals surface area contributed by atoms with Gasteiger partial charge in [-0.05, 0) is 34.4 Å². The van der Waals surface area contributed by atoms with Gasteiger partial charge in [0.15, 0.2) is 0 Å². The molecule has 1 aromatic heterocycles. The van der Waals surface area contributed by atoms with Crippen molar-refractivity contribution in [1.82, 2.24) is 4.98 Å². The van der Waals surface area contributed by atoms with Crippen LogP contribution in [0.4, 0.5) is 0 Å². The number of para-hydroxylation sites is 1. The molecule has 0 bridgehead atoms. The minimum absolute atomic E-state index is 1.06. The predicted octanol–water partition coefficient (Wildman–Crippen LogP) is 7.26. The molecule has 0 amide bonds. The molecule has 0 radical (unpaired) electrons. The highest BCUT2D eigenvalue weighted by atomic mass is 14.6. The van der Waals surface area contributed by atoms with Gasteiger partial charge in [0.2, 0.25) is 0 Å². The monoisotopic (exact) mass is 359 g/mol. The Kier molecular flexibility index (Phi) is 5.55. The van der Waals surface area contributed by atoms with Gasteiger partial charge in [-0.15, -0.1) is 0 Å². The first kappa shape index (κ1) is 17.7. The third kappa shape index (κ3) is 4.33. The van der Waals surface area contributed by atoms with E-state index in [0.29, 0.717) is 0 Å². The summed E-state index contributed by atoms with van der Waals surface area (Å²) in [6, 6.07) is 41.7. The molecule has 0 saturated heterocycles. The summed E-state index contributed by atoms with van der Waals surface area (Å²) in [5, 5.41) is 1.20. The molecule has 0 atom stereocenters. The summed E-state index contributed by atoms with van der Waals surface area (Å²) in [5.41, 5.74) is 6.10. The molecule has 1 heterocycles. The van der Waals surface area contributed by atoms with E-state index in [2.05, 4.69) is 89.9 Å². The maximum Gasteiger partial charge on any atom is 0.0701 e. The highest BCUT2D eigenvalue weighted by Crippen LogP contribution is 2.24. The largest absolute Gasteiger partial charge is 0.256 e. The van der Waals surface area contributed by atoms with Gasteiger partial charge >= 0.3 is 0 Å². The maximum absolute atomic E-state index is 4.18. The maximum atomic E-state index is 4.18. The molecule has 0 aliphatic heterocycles. The van der Waals surface area contributed by atoms with Crippen molar-refractivity contribution < 1.29 is 0 Å². The van der Waals surface area contributed by atoms with Gasteiger partial charge in [0.05, 0.1) is 5.52 Å². The molecule has 5 aromatic rings. The summed E-state index contributed by atoms with van der Waals surface area (Å²) in [7, 11) is 0. The molecule has 0 saturated carbocycles. The number of rotatable bonds is 2. The fourth-order valence-electron chi connectivity index (χ4n) is 3.13. The Hall–Kier alpha value is -3.71. The van der Waals surface area contributed by atoms with Crippen LogP contribution in [0.15, 0.2) is 128 Å². The van der Waals surface area contributed by atoms with Gasteiger partial charge in [-0.3, -0.25) is 4.98 Å². The molecule has 4 aromatic carbocycles. The number of fused-ring (bicyclic) bond motifs is 1. The second-order valence-electron chi connectivity index (χ2n) is 6.51. The Morgan fingerprint density at radius 1 is 0.357 bits per heavy atom. The molecule has 28 heavy (non-hydrogen) atoms. The minimum atomic E-state index is 1.06. The van der Waals surface area contributed by atoms with Gasteiger partial charge in [-0.25, -0.2) is 0 Å². The first-order valence-electron chi connectivity index (χ1n) is 9.41. The lowest BCUT2D eigenvalue weighted by Crippen LogP contribution is -1.79. The molecule has 5 rings (SSSR count). The number of pyridine rings is 1. The topological polar surface area (TPSA) is 12.9 Å². The average Bonchev–Trinajstić information content (AvgIpc) is 2.81. The third-order valence-electron chi connectivity index (χ3n) is 4.61. The van der Waals surface area contributed by atoms with Gasteiger partial charge in [-0.1, -0.05) is 109 Å². The lowest BCUT2D eigenvalue weighted by atomic mass is 10.0. The Morgan fingerprint density at radius 2 is 0.786 bits per heavy atom. The van der Waals surface area contributed by atoms with Crippen molar-refractivity contribution in [2.45, 2.75) is 0 Å². The number of benzene rings is 4. The van der Waals surface area contributed by atoms with E-state index in [1.54, 1.807) is 0 Å². The molecular formula is C27H21N. The van der Waals surface area contributed by atoms with Crippen molar-refractivity contribution in [3.05, 3.63) is 128 Å². The Balaban J connectivity index is 0.000000162. The van der Waals surface area contributed by atoms with Crippen LogP contribution in [0.1, 0.15) is 0 Å². The fourth-order valence-corrected chi connectivity index (χ4v) is 3.13. The van der Waals surface area contributed by atoms with Crippen LogP contribution in [0.25, 0.3) is 33.2 Å². The zero-order valence-electron chi connectivity index (χ0n) is 15.6. The third-order valence-corrected chi connectivity index (χ3v) is 4.61. The van der Waals surface area contributed by atoms with Crippen LogP contribution in [0.3, 0.4) is 0 Å². The van der Waals surface area contributed by atoms with E-state index in [-0.39, 0.29) is 0 Å². The number of hydrogen-bond donors (Lipinski definition) is 0. The summed E-state index contributed by atoms with van der Waals surface area (Å²) >= 11 is 0. The molecule has 0 aliphatic rings. The fraction of sp³-hybridized carbons (Fsp3) is 0. The van der Waals surface area contributed by atoms with Crippen molar-refractivity contribution in [3.8, 4) is 22.3 Å². The van der Waals surface area contributed by atoms with E-state index in [1.807, 2.05) is 42.6 Å². The first-order valence-corrected chi connectivity index (χ1v) is 9.41. The summed E-state index contributed by atoms with van der Waals surface area (Å²) < 4.78 is 0. The summed E-state index contributed by atoms with van der Waals surface area (Å²) in [5.74, 6) is 0. The van der Waals surface area contributed by atoms with E-state index in [0.717, 1.165) is 5.52 Å².